The van der Waals surface area contributed by atoms with Gasteiger partial charge < -0.3 is 15.7 Å². The van der Waals surface area contributed by atoms with Crippen LogP contribution >= 0.6 is 11.3 Å². The summed E-state index contributed by atoms with van der Waals surface area (Å²) in [5.41, 5.74) is 5.81. The average molecular weight is 201 g/mol. The predicted octanol–water partition coefficient (Wildman–Crippen LogP) is 0.591. The Kier molecular flexibility index (Phi) is 3.65. The molecule has 0 bridgehead atoms. The summed E-state index contributed by atoms with van der Waals surface area (Å²) in [5, 5.41) is 9.66. The monoisotopic (exact) mass is 201 g/mol. The maximum Gasteiger partial charge on any atom is 0.185 e. The van der Waals surface area contributed by atoms with E-state index in [2.05, 4.69) is 4.98 Å². The SMILES string of the molecule is CN(C)c1ncc(C(N)CCO)s1. The van der Waals surface area contributed by atoms with E-state index in [0.29, 0.717) is 6.42 Å². The lowest BCUT2D eigenvalue weighted by molar-refractivity contribution is 0.277. The first-order valence-electron chi connectivity index (χ1n) is 4.14. The highest BCUT2D eigenvalue weighted by Crippen LogP contribution is 2.25. The Balaban J connectivity index is 2.67. The van der Waals surface area contributed by atoms with Gasteiger partial charge in [0.25, 0.3) is 0 Å². The molecule has 74 valence electrons. The highest BCUT2D eigenvalue weighted by molar-refractivity contribution is 7.15. The number of nitrogens with two attached hydrogens (primary N) is 1. The van der Waals surface area contributed by atoms with Gasteiger partial charge in [0.15, 0.2) is 5.13 Å². The van der Waals surface area contributed by atoms with Crippen molar-refractivity contribution < 1.29 is 5.11 Å². The second-order valence-electron chi connectivity index (χ2n) is 3.06. The maximum absolute atomic E-state index is 8.71. The Hall–Kier alpha value is -0.650. The summed E-state index contributed by atoms with van der Waals surface area (Å²) in [6, 6.07) is -0.0869. The van der Waals surface area contributed by atoms with Crippen LogP contribution in [0.15, 0.2) is 6.20 Å². The molecule has 0 saturated carbocycles. The van der Waals surface area contributed by atoms with Crippen molar-refractivity contribution in [2.24, 2.45) is 5.73 Å². The number of hydrogen-bond donors (Lipinski definition) is 2. The third kappa shape index (κ3) is 2.65. The molecule has 0 radical (unpaired) electrons. The van der Waals surface area contributed by atoms with Gasteiger partial charge in [0.2, 0.25) is 0 Å². The predicted molar refractivity (Wildman–Crippen MR) is 55.1 cm³/mol. The lowest BCUT2D eigenvalue weighted by Gasteiger charge is -2.07. The van der Waals surface area contributed by atoms with Crippen molar-refractivity contribution in [2.75, 3.05) is 25.6 Å². The van der Waals surface area contributed by atoms with Crippen molar-refractivity contribution in [1.29, 1.82) is 0 Å². The number of anilines is 1. The summed E-state index contributed by atoms with van der Waals surface area (Å²) in [7, 11) is 3.89. The molecule has 1 heterocycles. The number of nitrogens with zero attached hydrogens (tertiary/aromatic N) is 2. The molecule has 1 rings (SSSR count). The molecule has 0 amide bonds. The first kappa shape index (κ1) is 10.4. The van der Waals surface area contributed by atoms with Crippen LogP contribution in [0.2, 0.25) is 0 Å². The van der Waals surface area contributed by atoms with Crippen LogP contribution in [0, 0.1) is 0 Å². The van der Waals surface area contributed by atoms with Crippen molar-refractivity contribution in [3.63, 3.8) is 0 Å². The van der Waals surface area contributed by atoms with Gasteiger partial charge >= 0.3 is 0 Å². The van der Waals surface area contributed by atoms with E-state index in [-0.39, 0.29) is 12.6 Å². The Morgan fingerprint density at radius 3 is 2.85 bits per heavy atom. The molecule has 1 aromatic heterocycles. The fraction of sp³-hybridized carbons (Fsp3) is 0.625. The second-order valence-corrected chi connectivity index (χ2v) is 4.10. The van der Waals surface area contributed by atoms with Crippen LogP contribution in [0.3, 0.4) is 0 Å². The molecule has 0 saturated heterocycles. The van der Waals surface area contributed by atoms with E-state index in [1.165, 1.54) is 0 Å². The highest BCUT2D eigenvalue weighted by atomic mass is 32.1. The third-order valence-corrected chi connectivity index (χ3v) is 3.00. The summed E-state index contributed by atoms with van der Waals surface area (Å²) >= 11 is 1.57. The minimum atomic E-state index is -0.0869. The van der Waals surface area contributed by atoms with Crippen molar-refractivity contribution in [2.45, 2.75) is 12.5 Å². The molecule has 0 aliphatic carbocycles. The number of thiazole rings is 1. The number of aromatic nitrogens is 1. The van der Waals surface area contributed by atoms with Crippen molar-refractivity contribution >= 4 is 16.5 Å². The van der Waals surface area contributed by atoms with Gasteiger partial charge in [0.1, 0.15) is 0 Å². The molecule has 0 spiro atoms. The van der Waals surface area contributed by atoms with E-state index in [4.69, 9.17) is 10.8 Å². The molecular formula is C8H15N3OS. The summed E-state index contributed by atoms with van der Waals surface area (Å²) in [6.45, 7) is 0.121. The molecule has 1 unspecified atom stereocenters. The first-order valence-corrected chi connectivity index (χ1v) is 4.96. The van der Waals surface area contributed by atoms with E-state index >= 15 is 0 Å². The van der Waals surface area contributed by atoms with Gasteiger partial charge in [0.05, 0.1) is 0 Å². The summed E-state index contributed by atoms with van der Waals surface area (Å²) in [6.07, 6.45) is 2.37. The fourth-order valence-corrected chi connectivity index (χ4v) is 1.81. The smallest absolute Gasteiger partial charge is 0.185 e. The molecular weight excluding hydrogens is 186 g/mol. The highest BCUT2D eigenvalue weighted by Gasteiger charge is 2.10. The molecule has 0 fully saturated rings. The van der Waals surface area contributed by atoms with E-state index in [9.17, 15) is 0 Å². The van der Waals surface area contributed by atoms with Gasteiger partial charge in [0, 0.05) is 37.8 Å². The van der Waals surface area contributed by atoms with Crippen LogP contribution in [0.25, 0.3) is 0 Å². The number of aliphatic hydroxyl groups is 1. The molecule has 5 heteroatoms. The fourth-order valence-electron chi connectivity index (χ4n) is 0.936. The lowest BCUT2D eigenvalue weighted by Crippen LogP contribution is -2.10. The topological polar surface area (TPSA) is 62.4 Å². The second kappa shape index (κ2) is 4.55. The zero-order valence-corrected chi connectivity index (χ0v) is 8.71. The molecule has 1 aromatic rings. The standard InChI is InChI=1S/C8H15N3OS/c1-11(2)8-10-5-7(13-8)6(9)3-4-12/h5-6,12H,3-4,9H2,1-2H3. The van der Waals surface area contributed by atoms with Crippen LogP contribution in [0.4, 0.5) is 5.13 Å². The molecule has 4 nitrogen and oxygen atoms in total. The molecule has 0 aromatic carbocycles. The Morgan fingerprint density at radius 2 is 2.38 bits per heavy atom. The van der Waals surface area contributed by atoms with Crippen molar-refractivity contribution in [3.8, 4) is 0 Å². The molecule has 3 N–H and O–H groups in total. The zero-order valence-electron chi connectivity index (χ0n) is 7.90. The van der Waals surface area contributed by atoms with E-state index in [1.807, 2.05) is 19.0 Å². The summed E-state index contributed by atoms with van der Waals surface area (Å²) in [5.74, 6) is 0. The minimum Gasteiger partial charge on any atom is -0.396 e. The number of aliphatic hydroxyl groups excluding tert-OH is 1. The van der Waals surface area contributed by atoms with Gasteiger partial charge in [-0.25, -0.2) is 4.98 Å². The van der Waals surface area contributed by atoms with Crippen molar-refractivity contribution in [3.05, 3.63) is 11.1 Å². The summed E-state index contributed by atoms with van der Waals surface area (Å²) < 4.78 is 0. The minimum absolute atomic E-state index is 0.0869. The molecule has 1 atom stereocenters. The number of hydrogen-bond acceptors (Lipinski definition) is 5. The van der Waals surface area contributed by atoms with Gasteiger partial charge in [-0.05, 0) is 6.42 Å². The van der Waals surface area contributed by atoms with Gasteiger partial charge in [-0.3, -0.25) is 0 Å². The van der Waals surface area contributed by atoms with Gasteiger partial charge in [-0.15, -0.1) is 11.3 Å². The normalized spacial score (nSPS) is 12.9. The number of rotatable bonds is 4. The quantitative estimate of drug-likeness (QED) is 0.748. The molecule has 0 aliphatic heterocycles. The average Bonchev–Trinajstić information content (AvgIpc) is 2.52. The Labute approximate surface area is 82.0 Å². The van der Waals surface area contributed by atoms with Gasteiger partial charge in [-0.1, -0.05) is 0 Å². The zero-order chi connectivity index (χ0) is 9.84. The maximum atomic E-state index is 8.71. The molecule has 0 aliphatic rings. The van der Waals surface area contributed by atoms with Crippen LogP contribution in [0.1, 0.15) is 17.3 Å². The van der Waals surface area contributed by atoms with Crippen LogP contribution in [-0.4, -0.2) is 30.8 Å². The van der Waals surface area contributed by atoms with Crippen molar-refractivity contribution in [1.82, 2.24) is 4.98 Å². The van der Waals surface area contributed by atoms with Crippen LogP contribution in [0.5, 0.6) is 0 Å². The Bertz CT molecular complexity index is 262. The molecule has 13 heavy (non-hydrogen) atoms. The van der Waals surface area contributed by atoms with E-state index in [1.54, 1.807) is 17.5 Å². The lowest BCUT2D eigenvalue weighted by atomic mass is 10.2. The largest absolute Gasteiger partial charge is 0.396 e. The summed E-state index contributed by atoms with van der Waals surface area (Å²) in [4.78, 5) is 7.17. The van der Waals surface area contributed by atoms with Crippen LogP contribution in [-0.2, 0) is 0 Å². The Morgan fingerprint density at radius 1 is 1.69 bits per heavy atom. The van der Waals surface area contributed by atoms with E-state index in [0.717, 1.165) is 10.0 Å². The first-order chi connectivity index (χ1) is 6.15. The van der Waals surface area contributed by atoms with Crippen LogP contribution < -0.4 is 10.6 Å². The van der Waals surface area contributed by atoms with Gasteiger partial charge in [-0.2, -0.15) is 0 Å². The van der Waals surface area contributed by atoms with E-state index < -0.39 is 0 Å². The third-order valence-electron chi connectivity index (χ3n) is 1.70.